The highest BCUT2D eigenvalue weighted by Gasteiger charge is 2.11. The van der Waals surface area contributed by atoms with Gasteiger partial charge < -0.3 is 9.73 Å². The van der Waals surface area contributed by atoms with E-state index in [0.717, 1.165) is 26.6 Å². The molecule has 4 aromatic rings. The smallest absolute Gasteiger partial charge is 0.344 e. The van der Waals surface area contributed by atoms with Crippen LogP contribution < -0.4 is 10.9 Å². The first kappa shape index (κ1) is 19.4. The largest absolute Gasteiger partial charge is 0.422 e. The van der Waals surface area contributed by atoms with Crippen LogP contribution in [0.4, 0.5) is 5.69 Å². The van der Waals surface area contributed by atoms with Crippen molar-refractivity contribution < 1.29 is 9.21 Å². The summed E-state index contributed by atoms with van der Waals surface area (Å²) < 4.78 is 6.54. The van der Waals surface area contributed by atoms with Gasteiger partial charge in [-0.05, 0) is 82.6 Å². The summed E-state index contributed by atoms with van der Waals surface area (Å²) in [5.74, 6) is -0.182. The molecule has 4 nitrogen and oxygen atoms in total. The van der Waals surface area contributed by atoms with Crippen LogP contribution in [0.15, 0.2) is 82.0 Å². The maximum absolute atomic E-state index is 12.7. The molecule has 0 unspecified atom stereocenters. The molecule has 0 fully saturated rings. The first-order chi connectivity index (χ1) is 14.0. The van der Waals surface area contributed by atoms with E-state index < -0.39 is 5.63 Å². The minimum Gasteiger partial charge on any atom is -0.422 e. The minimum atomic E-state index is -0.396. The maximum Gasteiger partial charge on any atom is 0.344 e. The topological polar surface area (TPSA) is 59.3 Å². The molecule has 1 heterocycles. The summed E-state index contributed by atoms with van der Waals surface area (Å²) in [6.45, 7) is 2.06. The number of hydrogen-bond donors (Lipinski definition) is 1. The lowest BCUT2D eigenvalue weighted by atomic mass is 10.0. The van der Waals surface area contributed by atoms with Gasteiger partial charge in [-0.2, -0.15) is 0 Å². The lowest BCUT2D eigenvalue weighted by Gasteiger charge is -2.11. The number of nitrogens with one attached hydrogen (secondary N) is 1. The summed E-state index contributed by atoms with van der Waals surface area (Å²) >= 11 is 2.26. The molecule has 1 N–H and O–H groups in total. The standard InChI is InChI=1S/C24H18INO3/c1-2-15-13-19(25)11-12-21(15)26-23(27)17-9-7-16(8-10-17)20-14-18-5-3-4-6-22(18)29-24(20)28/h3-14H,2H2,1H3,(H,26,27). The van der Waals surface area contributed by atoms with Crippen molar-refractivity contribution in [3.63, 3.8) is 0 Å². The second-order valence-electron chi connectivity index (χ2n) is 6.67. The minimum absolute atomic E-state index is 0.182. The summed E-state index contributed by atoms with van der Waals surface area (Å²) in [5.41, 5.74) is 3.78. The Labute approximate surface area is 181 Å². The van der Waals surface area contributed by atoms with Gasteiger partial charge in [-0.25, -0.2) is 4.79 Å². The third-order valence-electron chi connectivity index (χ3n) is 4.80. The van der Waals surface area contributed by atoms with Crippen LogP contribution in [0, 0.1) is 3.57 Å². The van der Waals surface area contributed by atoms with Crippen molar-refractivity contribution in [2.75, 3.05) is 5.32 Å². The van der Waals surface area contributed by atoms with Crippen molar-refractivity contribution in [2.24, 2.45) is 0 Å². The summed E-state index contributed by atoms with van der Waals surface area (Å²) in [6, 6.07) is 22.1. The molecule has 0 bridgehead atoms. The summed E-state index contributed by atoms with van der Waals surface area (Å²) in [6.07, 6.45) is 0.836. The van der Waals surface area contributed by atoms with Gasteiger partial charge in [0.05, 0.1) is 5.56 Å². The fourth-order valence-electron chi connectivity index (χ4n) is 3.24. The van der Waals surface area contributed by atoms with Crippen molar-refractivity contribution in [3.05, 3.63) is 97.9 Å². The van der Waals surface area contributed by atoms with E-state index in [-0.39, 0.29) is 5.91 Å². The van der Waals surface area contributed by atoms with Crippen LogP contribution >= 0.6 is 22.6 Å². The molecule has 0 saturated heterocycles. The number of aryl methyl sites for hydroxylation is 1. The van der Waals surface area contributed by atoms with Gasteiger partial charge in [-0.1, -0.05) is 37.3 Å². The number of fused-ring (bicyclic) bond motifs is 1. The zero-order valence-corrected chi connectivity index (χ0v) is 17.9. The molecule has 0 saturated carbocycles. The summed E-state index contributed by atoms with van der Waals surface area (Å²) in [5, 5.41) is 3.83. The maximum atomic E-state index is 12.7. The predicted octanol–water partition coefficient (Wildman–Crippen LogP) is 5.88. The van der Waals surface area contributed by atoms with E-state index in [1.807, 2.05) is 36.4 Å². The lowest BCUT2D eigenvalue weighted by molar-refractivity contribution is 0.102. The number of anilines is 1. The Morgan fingerprint density at radius 3 is 2.52 bits per heavy atom. The van der Waals surface area contributed by atoms with E-state index in [9.17, 15) is 9.59 Å². The average Bonchev–Trinajstić information content (AvgIpc) is 2.74. The number of rotatable bonds is 4. The molecule has 1 amide bonds. The quantitative estimate of drug-likeness (QED) is 0.284. The van der Waals surface area contributed by atoms with Crippen LogP contribution in [0.1, 0.15) is 22.8 Å². The number of carbonyl (C=O) groups is 1. The van der Waals surface area contributed by atoms with E-state index in [1.165, 1.54) is 0 Å². The van der Waals surface area contributed by atoms with E-state index in [2.05, 4.69) is 40.9 Å². The molecule has 4 rings (SSSR count). The molecule has 3 aromatic carbocycles. The Kier molecular flexibility index (Phi) is 5.49. The molecule has 1 aromatic heterocycles. The van der Waals surface area contributed by atoms with Crippen molar-refractivity contribution in [2.45, 2.75) is 13.3 Å². The SMILES string of the molecule is CCc1cc(I)ccc1NC(=O)c1ccc(-c2cc3ccccc3oc2=O)cc1. The van der Waals surface area contributed by atoms with Crippen LogP contribution in [-0.4, -0.2) is 5.91 Å². The third kappa shape index (κ3) is 4.10. The number of para-hydroxylation sites is 1. The van der Waals surface area contributed by atoms with Gasteiger partial charge in [-0.3, -0.25) is 4.79 Å². The van der Waals surface area contributed by atoms with Gasteiger partial charge in [-0.15, -0.1) is 0 Å². The van der Waals surface area contributed by atoms with E-state index in [0.29, 0.717) is 22.3 Å². The molecule has 0 aliphatic heterocycles. The number of benzene rings is 3. The Balaban J connectivity index is 1.60. The molecular formula is C24H18INO3. The van der Waals surface area contributed by atoms with Crippen LogP contribution in [0.25, 0.3) is 22.1 Å². The molecule has 0 atom stereocenters. The number of carbonyl (C=O) groups excluding carboxylic acids is 1. The zero-order valence-electron chi connectivity index (χ0n) is 15.7. The third-order valence-corrected chi connectivity index (χ3v) is 5.47. The van der Waals surface area contributed by atoms with E-state index in [4.69, 9.17) is 4.42 Å². The Bertz CT molecular complexity index is 1260. The van der Waals surface area contributed by atoms with E-state index >= 15 is 0 Å². The van der Waals surface area contributed by atoms with Crippen LogP contribution in [0.5, 0.6) is 0 Å². The van der Waals surface area contributed by atoms with E-state index in [1.54, 1.807) is 30.3 Å². The zero-order chi connectivity index (χ0) is 20.4. The number of hydrogen-bond acceptors (Lipinski definition) is 3. The van der Waals surface area contributed by atoms with Crippen LogP contribution in [0.3, 0.4) is 0 Å². The van der Waals surface area contributed by atoms with Crippen LogP contribution in [-0.2, 0) is 6.42 Å². The molecule has 5 heteroatoms. The monoisotopic (exact) mass is 495 g/mol. The first-order valence-electron chi connectivity index (χ1n) is 9.28. The van der Waals surface area contributed by atoms with Gasteiger partial charge >= 0.3 is 5.63 Å². The Hall–Kier alpha value is -2.93. The first-order valence-corrected chi connectivity index (χ1v) is 10.4. The highest BCUT2D eigenvalue weighted by Crippen LogP contribution is 2.23. The highest BCUT2D eigenvalue weighted by atomic mass is 127. The molecule has 144 valence electrons. The van der Waals surface area contributed by atoms with Crippen LogP contribution in [0.2, 0.25) is 0 Å². The second-order valence-corrected chi connectivity index (χ2v) is 7.92. The van der Waals surface area contributed by atoms with Crippen molar-refractivity contribution in [1.29, 1.82) is 0 Å². The van der Waals surface area contributed by atoms with Crippen molar-refractivity contribution in [1.82, 2.24) is 0 Å². The van der Waals surface area contributed by atoms with Crippen molar-refractivity contribution in [3.8, 4) is 11.1 Å². The van der Waals surface area contributed by atoms with Gasteiger partial charge in [0, 0.05) is 20.2 Å². The lowest BCUT2D eigenvalue weighted by Crippen LogP contribution is -2.13. The molecule has 29 heavy (non-hydrogen) atoms. The molecule has 0 radical (unpaired) electrons. The fraction of sp³-hybridized carbons (Fsp3) is 0.0833. The second kappa shape index (κ2) is 8.21. The summed E-state index contributed by atoms with van der Waals surface area (Å²) in [7, 11) is 0. The van der Waals surface area contributed by atoms with Crippen molar-refractivity contribution >= 4 is 45.2 Å². The normalized spacial score (nSPS) is 10.8. The molecule has 0 aliphatic rings. The Morgan fingerprint density at radius 1 is 1.00 bits per heavy atom. The highest BCUT2D eigenvalue weighted by molar-refractivity contribution is 14.1. The van der Waals surface area contributed by atoms with Gasteiger partial charge in [0.25, 0.3) is 5.91 Å². The Morgan fingerprint density at radius 2 is 1.76 bits per heavy atom. The number of halogens is 1. The molecular weight excluding hydrogens is 477 g/mol. The predicted molar refractivity (Wildman–Crippen MR) is 124 cm³/mol. The van der Waals surface area contributed by atoms with Gasteiger partial charge in [0.2, 0.25) is 0 Å². The fourth-order valence-corrected chi connectivity index (χ4v) is 3.79. The number of amides is 1. The van der Waals surface area contributed by atoms with Gasteiger partial charge in [0.1, 0.15) is 5.58 Å². The van der Waals surface area contributed by atoms with Gasteiger partial charge in [0.15, 0.2) is 0 Å². The summed E-state index contributed by atoms with van der Waals surface area (Å²) in [4.78, 5) is 25.0. The molecule has 0 spiro atoms. The molecule has 0 aliphatic carbocycles. The average molecular weight is 495 g/mol.